The molecule has 2 aliphatic carbocycles. The first-order valence-electron chi connectivity index (χ1n) is 8.17. The number of carbonyl (C=O) groups excluding carboxylic acids is 2. The van der Waals surface area contributed by atoms with E-state index in [1.54, 1.807) is 0 Å². The lowest BCUT2D eigenvalue weighted by Crippen LogP contribution is -2.54. The Morgan fingerprint density at radius 3 is 2.50 bits per heavy atom. The third kappa shape index (κ3) is 2.31. The normalized spacial score (nSPS) is 25.3. The quantitative estimate of drug-likeness (QED) is 0.802. The maximum Gasteiger partial charge on any atom is 0.312 e. The second kappa shape index (κ2) is 5.11. The van der Waals surface area contributed by atoms with Gasteiger partial charge >= 0.3 is 5.97 Å². The molecule has 1 aromatic rings. The number of likely N-dealkylation sites (tertiary alicyclic amines) is 1. The van der Waals surface area contributed by atoms with Crippen LogP contribution in [0.3, 0.4) is 0 Å². The molecule has 4 rings (SSSR count). The van der Waals surface area contributed by atoms with Crippen molar-refractivity contribution in [3.05, 3.63) is 35.9 Å². The predicted octanol–water partition coefficient (Wildman–Crippen LogP) is 2.38. The molecule has 0 radical (unpaired) electrons. The molecule has 3 aliphatic rings. The lowest BCUT2D eigenvalue weighted by molar-refractivity contribution is -0.160. The lowest BCUT2D eigenvalue weighted by atomic mass is 9.79. The number of hydrogen-bond acceptors (Lipinski definition) is 3. The van der Waals surface area contributed by atoms with Gasteiger partial charge in [0.25, 0.3) is 0 Å². The summed E-state index contributed by atoms with van der Waals surface area (Å²) in [6.07, 6.45) is 4.79. The van der Waals surface area contributed by atoms with Gasteiger partial charge in [-0.25, -0.2) is 0 Å². The minimum Gasteiger partial charge on any atom is -0.460 e. The molecule has 1 atom stereocenters. The van der Waals surface area contributed by atoms with Crippen molar-refractivity contribution in [2.75, 3.05) is 13.1 Å². The summed E-state index contributed by atoms with van der Waals surface area (Å²) in [7, 11) is 0. The number of rotatable bonds is 4. The van der Waals surface area contributed by atoms with Crippen LogP contribution in [0.2, 0.25) is 0 Å². The second-order valence-electron chi connectivity index (χ2n) is 7.01. The summed E-state index contributed by atoms with van der Waals surface area (Å²) in [5.41, 5.74) is 1.36. The molecule has 0 bridgehead atoms. The maximum atomic E-state index is 12.3. The summed E-state index contributed by atoms with van der Waals surface area (Å²) in [6, 6.07) is 9.68. The fourth-order valence-electron chi connectivity index (χ4n) is 3.75. The highest BCUT2D eigenvalue weighted by atomic mass is 16.5. The summed E-state index contributed by atoms with van der Waals surface area (Å²) in [4.78, 5) is 26.1. The zero-order valence-electron chi connectivity index (χ0n) is 12.7. The average Bonchev–Trinajstić information content (AvgIpc) is 3.20. The van der Waals surface area contributed by atoms with Crippen molar-refractivity contribution in [2.24, 2.45) is 17.3 Å². The molecule has 3 fully saturated rings. The van der Waals surface area contributed by atoms with Gasteiger partial charge in [-0.15, -0.1) is 0 Å². The molecule has 0 aromatic heterocycles. The van der Waals surface area contributed by atoms with Crippen LogP contribution in [0.1, 0.15) is 31.2 Å². The Morgan fingerprint density at radius 2 is 1.91 bits per heavy atom. The van der Waals surface area contributed by atoms with E-state index < -0.39 is 0 Å². The molecule has 4 heteroatoms. The number of benzene rings is 1. The number of esters is 1. The number of carbonyl (C=O) groups is 2. The molecule has 22 heavy (non-hydrogen) atoms. The fourth-order valence-corrected chi connectivity index (χ4v) is 3.75. The van der Waals surface area contributed by atoms with E-state index in [2.05, 4.69) is 0 Å². The summed E-state index contributed by atoms with van der Waals surface area (Å²) in [5, 5.41) is 0. The van der Waals surface area contributed by atoms with Gasteiger partial charge in [-0.05, 0) is 30.2 Å². The summed E-state index contributed by atoms with van der Waals surface area (Å²) < 4.78 is 5.33. The molecule has 1 amide bonds. The predicted molar refractivity (Wildman–Crippen MR) is 80.7 cm³/mol. The van der Waals surface area contributed by atoms with Crippen LogP contribution in [0.15, 0.2) is 30.3 Å². The lowest BCUT2D eigenvalue weighted by Gasteiger charge is -2.39. The van der Waals surface area contributed by atoms with Crippen LogP contribution >= 0.6 is 0 Å². The van der Waals surface area contributed by atoms with Gasteiger partial charge in [0.15, 0.2) is 0 Å². The minimum absolute atomic E-state index is 0.135. The smallest absolute Gasteiger partial charge is 0.312 e. The van der Waals surface area contributed by atoms with E-state index in [1.165, 1.54) is 19.3 Å². The number of nitrogens with zero attached hydrogens (tertiary/aromatic N) is 1. The Morgan fingerprint density at radius 1 is 1.18 bits per heavy atom. The average molecular weight is 299 g/mol. The molecule has 0 N–H and O–H groups in total. The van der Waals surface area contributed by atoms with E-state index in [1.807, 2.05) is 35.2 Å². The van der Waals surface area contributed by atoms with E-state index in [4.69, 9.17) is 4.74 Å². The summed E-state index contributed by atoms with van der Waals surface area (Å²) in [5.74, 6) is 0.208. The molecular formula is C18H21NO3. The van der Waals surface area contributed by atoms with Crippen LogP contribution in [0.5, 0.6) is 0 Å². The van der Waals surface area contributed by atoms with Crippen molar-refractivity contribution in [1.82, 2.24) is 4.90 Å². The minimum atomic E-state index is -0.179. The summed E-state index contributed by atoms with van der Waals surface area (Å²) in [6.45, 7) is 1.40. The van der Waals surface area contributed by atoms with Crippen LogP contribution < -0.4 is 0 Å². The molecular weight excluding hydrogens is 278 g/mol. The van der Waals surface area contributed by atoms with Gasteiger partial charge in [0.05, 0.1) is 5.92 Å². The Kier molecular flexibility index (Phi) is 3.21. The molecule has 2 saturated carbocycles. The standard InChI is InChI=1S/C18H21NO3/c20-16(15-9-18(15)7-4-8-18)19-10-14(11-19)17(21)22-12-13-5-2-1-3-6-13/h1-3,5-6,14-15H,4,7-12H2. The largest absolute Gasteiger partial charge is 0.460 e. The van der Waals surface area contributed by atoms with E-state index >= 15 is 0 Å². The van der Waals surface area contributed by atoms with Gasteiger partial charge in [0.2, 0.25) is 5.91 Å². The van der Waals surface area contributed by atoms with Crippen molar-refractivity contribution in [2.45, 2.75) is 32.3 Å². The third-order valence-electron chi connectivity index (χ3n) is 5.59. The Labute approximate surface area is 130 Å². The highest BCUT2D eigenvalue weighted by Crippen LogP contribution is 2.66. The van der Waals surface area contributed by atoms with E-state index in [0.29, 0.717) is 25.1 Å². The number of ether oxygens (including phenoxy) is 1. The topological polar surface area (TPSA) is 46.6 Å². The molecule has 116 valence electrons. The van der Waals surface area contributed by atoms with Gasteiger partial charge in [0, 0.05) is 19.0 Å². The molecule has 1 aliphatic heterocycles. The molecule has 1 unspecified atom stereocenters. The van der Waals surface area contributed by atoms with Crippen molar-refractivity contribution >= 4 is 11.9 Å². The second-order valence-corrected chi connectivity index (χ2v) is 7.01. The fraction of sp³-hybridized carbons (Fsp3) is 0.556. The Balaban J connectivity index is 1.21. The van der Waals surface area contributed by atoms with Gasteiger partial charge in [-0.2, -0.15) is 0 Å². The van der Waals surface area contributed by atoms with Crippen molar-refractivity contribution < 1.29 is 14.3 Å². The number of amides is 1. The molecule has 4 nitrogen and oxygen atoms in total. The molecule has 1 heterocycles. The van der Waals surface area contributed by atoms with E-state index in [0.717, 1.165) is 12.0 Å². The summed E-state index contributed by atoms with van der Waals surface area (Å²) >= 11 is 0. The van der Waals surface area contributed by atoms with Crippen LogP contribution in [-0.4, -0.2) is 29.9 Å². The Bertz CT molecular complexity index is 588. The van der Waals surface area contributed by atoms with Gasteiger partial charge in [-0.3, -0.25) is 9.59 Å². The first-order chi connectivity index (χ1) is 10.7. The molecule has 1 spiro atoms. The Hall–Kier alpha value is -1.84. The van der Waals surface area contributed by atoms with E-state index in [-0.39, 0.29) is 23.7 Å². The zero-order chi connectivity index (χ0) is 15.2. The van der Waals surface area contributed by atoms with Gasteiger partial charge in [-0.1, -0.05) is 36.8 Å². The van der Waals surface area contributed by atoms with Crippen LogP contribution in [0, 0.1) is 17.3 Å². The monoisotopic (exact) mass is 299 g/mol. The van der Waals surface area contributed by atoms with Gasteiger partial charge in [0.1, 0.15) is 6.61 Å². The maximum absolute atomic E-state index is 12.3. The van der Waals surface area contributed by atoms with Gasteiger partial charge < -0.3 is 9.64 Å². The zero-order valence-corrected chi connectivity index (χ0v) is 12.7. The van der Waals surface area contributed by atoms with Crippen LogP contribution in [-0.2, 0) is 20.9 Å². The first kappa shape index (κ1) is 13.8. The van der Waals surface area contributed by atoms with Crippen molar-refractivity contribution in [3.8, 4) is 0 Å². The van der Waals surface area contributed by atoms with Crippen molar-refractivity contribution in [1.29, 1.82) is 0 Å². The van der Waals surface area contributed by atoms with Crippen LogP contribution in [0.25, 0.3) is 0 Å². The molecule has 1 aromatic carbocycles. The highest BCUT2D eigenvalue weighted by Gasteiger charge is 2.62. The highest BCUT2D eigenvalue weighted by molar-refractivity contribution is 5.86. The third-order valence-corrected chi connectivity index (χ3v) is 5.59. The first-order valence-corrected chi connectivity index (χ1v) is 8.17. The van der Waals surface area contributed by atoms with Crippen molar-refractivity contribution in [3.63, 3.8) is 0 Å². The van der Waals surface area contributed by atoms with Crippen LogP contribution in [0.4, 0.5) is 0 Å². The van der Waals surface area contributed by atoms with E-state index in [9.17, 15) is 9.59 Å². The number of hydrogen-bond donors (Lipinski definition) is 0. The molecule has 1 saturated heterocycles. The SMILES string of the molecule is O=C(OCc1ccccc1)C1CN(C(=O)C2CC23CCC3)C1.